The fourth-order valence-corrected chi connectivity index (χ4v) is 4.77. The summed E-state index contributed by atoms with van der Waals surface area (Å²) in [6.07, 6.45) is 7.68. The molecule has 1 atom stereocenters. The number of aliphatic imine (C=N–C) groups is 1. The van der Waals surface area contributed by atoms with Crippen molar-refractivity contribution >= 4 is 5.96 Å². The quantitative estimate of drug-likeness (QED) is 0.541. The van der Waals surface area contributed by atoms with Crippen LogP contribution in [0.5, 0.6) is 0 Å². The first-order valence-corrected chi connectivity index (χ1v) is 11.6. The first-order chi connectivity index (χ1) is 14.0. The average Bonchev–Trinajstić information content (AvgIpc) is 3.31. The summed E-state index contributed by atoms with van der Waals surface area (Å²) in [6.45, 7) is 12.8. The maximum atomic E-state index is 4.88. The van der Waals surface area contributed by atoms with E-state index in [-0.39, 0.29) is 0 Å². The fraction of sp³-hybridized carbons (Fsp3) is 0.864. The van der Waals surface area contributed by atoms with E-state index >= 15 is 0 Å². The Balaban J connectivity index is 1.61. The van der Waals surface area contributed by atoms with Crippen LogP contribution in [0.15, 0.2) is 4.99 Å². The molecule has 2 heterocycles. The Morgan fingerprint density at radius 1 is 1.17 bits per heavy atom. The molecule has 1 unspecified atom stereocenters. The van der Waals surface area contributed by atoms with Crippen molar-refractivity contribution in [3.8, 4) is 0 Å². The van der Waals surface area contributed by atoms with Crippen LogP contribution in [0.3, 0.4) is 0 Å². The van der Waals surface area contributed by atoms with E-state index in [4.69, 9.17) is 4.99 Å². The van der Waals surface area contributed by atoms with Gasteiger partial charge in [-0.2, -0.15) is 0 Å². The van der Waals surface area contributed by atoms with Gasteiger partial charge in [0.25, 0.3) is 0 Å². The number of guanidine groups is 1. The standard InChI is InChI=1S/C22H41N7/c1-6-29-13-7-8-20(29)14-23-22(24-15-21-27-26-17(4)28(21)5)25-19-11-9-18(10-12-19)16(2)3/h16,18-20H,6-15H2,1-5H3,(H2,23,24,25). The number of likely N-dealkylation sites (tertiary alicyclic amines) is 1. The first kappa shape index (κ1) is 22.1. The lowest BCUT2D eigenvalue weighted by molar-refractivity contribution is 0.248. The van der Waals surface area contributed by atoms with Crippen molar-refractivity contribution < 1.29 is 0 Å². The van der Waals surface area contributed by atoms with Gasteiger partial charge in [0.1, 0.15) is 12.4 Å². The van der Waals surface area contributed by atoms with Gasteiger partial charge in [-0.15, -0.1) is 10.2 Å². The minimum absolute atomic E-state index is 0.517. The van der Waals surface area contributed by atoms with E-state index in [2.05, 4.69) is 46.5 Å². The highest BCUT2D eigenvalue weighted by Crippen LogP contribution is 2.29. The average molecular weight is 404 g/mol. The number of aromatic nitrogens is 3. The third-order valence-electron chi connectivity index (χ3n) is 7.03. The van der Waals surface area contributed by atoms with E-state index in [1.165, 1.54) is 45.1 Å². The second-order valence-electron chi connectivity index (χ2n) is 9.19. The number of likely N-dealkylation sites (N-methyl/N-ethyl adjacent to an activating group) is 1. The van der Waals surface area contributed by atoms with E-state index in [1.54, 1.807) is 0 Å². The second kappa shape index (κ2) is 10.4. The summed E-state index contributed by atoms with van der Waals surface area (Å²) in [5.74, 6) is 4.43. The molecule has 0 radical (unpaired) electrons. The summed E-state index contributed by atoms with van der Waals surface area (Å²) in [6, 6.07) is 1.13. The summed E-state index contributed by atoms with van der Waals surface area (Å²) < 4.78 is 2.02. The van der Waals surface area contributed by atoms with Crippen molar-refractivity contribution in [2.45, 2.75) is 84.8 Å². The van der Waals surface area contributed by atoms with Crippen LogP contribution in [-0.4, -0.2) is 57.3 Å². The third-order valence-corrected chi connectivity index (χ3v) is 7.03. The summed E-state index contributed by atoms with van der Waals surface area (Å²) in [4.78, 5) is 7.45. The molecule has 0 bridgehead atoms. The molecule has 7 nitrogen and oxygen atoms in total. The highest BCUT2D eigenvalue weighted by Gasteiger charge is 2.25. The van der Waals surface area contributed by atoms with E-state index in [1.807, 2.05) is 18.5 Å². The molecule has 2 fully saturated rings. The Hall–Kier alpha value is -1.63. The molecule has 0 spiro atoms. The lowest BCUT2D eigenvalue weighted by Crippen LogP contribution is -2.48. The fourth-order valence-electron chi connectivity index (χ4n) is 4.77. The van der Waals surface area contributed by atoms with Crippen LogP contribution in [0.2, 0.25) is 0 Å². The first-order valence-electron chi connectivity index (χ1n) is 11.6. The van der Waals surface area contributed by atoms with Crippen LogP contribution in [0, 0.1) is 18.8 Å². The molecule has 2 N–H and O–H groups in total. The van der Waals surface area contributed by atoms with Gasteiger partial charge in [-0.25, -0.2) is 4.99 Å². The number of nitrogens with one attached hydrogen (secondary N) is 2. The van der Waals surface area contributed by atoms with Crippen LogP contribution >= 0.6 is 0 Å². The maximum Gasteiger partial charge on any atom is 0.191 e. The van der Waals surface area contributed by atoms with Gasteiger partial charge in [0.2, 0.25) is 0 Å². The predicted molar refractivity (Wildman–Crippen MR) is 119 cm³/mol. The largest absolute Gasteiger partial charge is 0.355 e. The zero-order valence-electron chi connectivity index (χ0n) is 19.1. The van der Waals surface area contributed by atoms with E-state index in [0.717, 1.165) is 42.5 Å². The second-order valence-corrected chi connectivity index (χ2v) is 9.19. The summed E-state index contributed by atoms with van der Waals surface area (Å²) in [5, 5.41) is 15.8. The van der Waals surface area contributed by atoms with Crippen molar-refractivity contribution in [3.63, 3.8) is 0 Å². The maximum absolute atomic E-state index is 4.88. The summed E-state index contributed by atoms with van der Waals surface area (Å²) in [5.41, 5.74) is 0. The smallest absolute Gasteiger partial charge is 0.191 e. The number of hydrogen-bond acceptors (Lipinski definition) is 4. The number of rotatable bonds is 7. The van der Waals surface area contributed by atoms with Crippen LogP contribution in [0.4, 0.5) is 0 Å². The molecule has 3 rings (SSSR count). The summed E-state index contributed by atoms with van der Waals surface area (Å²) in [7, 11) is 2.01. The van der Waals surface area contributed by atoms with Crippen LogP contribution in [-0.2, 0) is 13.6 Å². The molecule has 1 saturated heterocycles. The van der Waals surface area contributed by atoms with Crippen LogP contribution in [0.25, 0.3) is 0 Å². The summed E-state index contributed by atoms with van der Waals surface area (Å²) >= 11 is 0. The third kappa shape index (κ3) is 5.93. The number of hydrogen-bond donors (Lipinski definition) is 2. The molecule has 29 heavy (non-hydrogen) atoms. The van der Waals surface area contributed by atoms with Crippen LogP contribution in [0.1, 0.15) is 70.9 Å². The molecular weight excluding hydrogens is 362 g/mol. The minimum Gasteiger partial charge on any atom is -0.355 e. The van der Waals surface area contributed by atoms with Crippen molar-refractivity contribution in [3.05, 3.63) is 11.6 Å². The molecule has 0 aromatic carbocycles. The van der Waals surface area contributed by atoms with Gasteiger partial charge in [0.15, 0.2) is 11.8 Å². The van der Waals surface area contributed by atoms with E-state index in [9.17, 15) is 0 Å². The normalized spacial score (nSPS) is 26.3. The molecule has 164 valence electrons. The number of nitrogens with zero attached hydrogens (tertiary/aromatic N) is 5. The lowest BCUT2D eigenvalue weighted by atomic mass is 9.80. The van der Waals surface area contributed by atoms with Gasteiger partial charge >= 0.3 is 0 Å². The molecule has 1 aliphatic heterocycles. The molecule has 0 amide bonds. The Bertz CT molecular complexity index is 658. The van der Waals surface area contributed by atoms with E-state index < -0.39 is 0 Å². The molecule has 1 aromatic heterocycles. The Kier molecular flexibility index (Phi) is 7.92. The van der Waals surface area contributed by atoms with E-state index in [0.29, 0.717) is 18.6 Å². The molecule has 1 aromatic rings. The monoisotopic (exact) mass is 403 g/mol. The van der Waals surface area contributed by atoms with Gasteiger partial charge in [-0.05, 0) is 70.4 Å². The predicted octanol–water partition coefficient (Wildman–Crippen LogP) is 2.86. The molecule has 2 aliphatic rings. The lowest BCUT2D eigenvalue weighted by Gasteiger charge is -2.32. The number of aryl methyl sites for hydroxylation is 1. The highest BCUT2D eigenvalue weighted by atomic mass is 15.3. The molecule has 7 heteroatoms. The van der Waals surface area contributed by atoms with Crippen molar-refractivity contribution in [2.75, 3.05) is 19.6 Å². The van der Waals surface area contributed by atoms with Gasteiger partial charge in [-0.1, -0.05) is 20.8 Å². The molecule has 1 aliphatic carbocycles. The van der Waals surface area contributed by atoms with Gasteiger partial charge in [0.05, 0.1) is 0 Å². The van der Waals surface area contributed by atoms with Gasteiger partial charge in [-0.3, -0.25) is 4.90 Å². The zero-order chi connectivity index (χ0) is 20.8. The Labute approximate surface area is 176 Å². The van der Waals surface area contributed by atoms with Gasteiger partial charge < -0.3 is 15.2 Å². The Morgan fingerprint density at radius 2 is 1.93 bits per heavy atom. The van der Waals surface area contributed by atoms with Crippen molar-refractivity contribution in [1.82, 2.24) is 30.3 Å². The van der Waals surface area contributed by atoms with Crippen molar-refractivity contribution in [2.24, 2.45) is 23.9 Å². The minimum atomic E-state index is 0.517. The topological polar surface area (TPSA) is 70.4 Å². The van der Waals surface area contributed by atoms with Gasteiger partial charge in [0, 0.05) is 25.7 Å². The van der Waals surface area contributed by atoms with Crippen molar-refractivity contribution in [1.29, 1.82) is 0 Å². The Morgan fingerprint density at radius 3 is 2.55 bits per heavy atom. The zero-order valence-corrected chi connectivity index (χ0v) is 19.1. The SMILES string of the molecule is CCN1CCCC1CNC(=NCc1nnc(C)n1C)NC1CCC(C(C)C)CC1. The molecular formula is C22H41N7. The highest BCUT2D eigenvalue weighted by molar-refractivity contribution is 5.80. The molecule has 1 saturated carbocycles. The van der Waals surface area contributed by atoms with Crippen LogP contribution < -0.4 is 10.6 Å².